The number of benzene rings is 2. The summed E-state index contributed by atoms with van der Waals surface area (Å²) >= 11 is 0. The molecular weight excluding hydrogens is 326 g/mol. The van der Waals surface area contributed by atoms with Crippen molar-refractivity contribution in [2.75, 3.05) is 13.1 Å². The Kier molecular flexibility index (Phi) is 4.24. The number of amides is 1. The van der Waals surface area contributed by atoms with Gasteiger partial charge in [-0.25, -0.2) is 4.98 Å². The van der Waals surface area contributed by atoms with E-state index in [9.17, 15) is 4.79 Å². The van der Waals surface area contributed by atoms with Gasteiger partial charge in [0.15, 0.2) is 0 Å². The van der Waals surface area contributed by atoms with Gasteiger partial charge in [0.2, 0.25) is 5.88 Å². The first-order valence-electron chi connectivity index (χ1n) is 8.55. The number of ether oxygens (including phenoxy) is 1. The SMILES string of the molecule is N#Cc1ccc(C(=O)N2CC[C@@H](Oc3ccc4ccccc4n3)C2)cc1. The summed E-state index contributed by atoms with van der Waals surface area (Å²) < 4.78 is 5.99. The normalized spacial score (nSPS) is 16.4. The Bertz CT molecular complexity index is 992. The van der Waals surface area contributed by atoms with Gasteiger partial charge >= 0.3 is 0 Å². The maximum Gasteiger partial charge on any atom is 0.253 e. The van der Waals surface area contributed by atoms with Crippen LogP contribution in [0.3, 0.4) is 0 Å². The fourth-order valence-electron chi connectivity index (χ4n) is 3.16. The minimum absolute atomic E-state index is 0.0351. The summed E-state index contributed by atoms with van der Waals surface area (Å²) in [4.78, 5) is 18.9. The monoisotopic (exact) mass is 343 g/mol. The number of nitrogens with zero attached hydrogens (tertiary/aromatic N) is 3. The van der Waals surface area contributed by atoms with Crippen LogP contribution >= 0.6 is 0 Å². The number of carbonyl (C=O) groups is 1. The van der Waals surface area contributed by atoms with Gasteiger partial charge in [-0.1, -0.05) is 18.2 Å². The van der Waals surface area contributed by atoms with Crippen LogP contribution in [0.2, 0.25) is 0 Å². The molecule has 3 aromatic rings. The Labute approximate surface area is 151 Å². The topological polar surface area (TPSA) is 66.2 Å². The molecule has 2 aromatic carbocycles. The molecule has 1 amide bonds. The van der Waals surface area contributed by atoms with Crippen LogP contribution in [0.1, 0.15) is 22.3 Å². The average molecular weight is 343 g/mol. The van der Waals surface area contributed by atoms with E-state index in [-0.39, 0.29) is 12.0 Å². The predicted molar refractivity (Wildman–Crippen MR) is 97.8 cm³/mol. The number of fused-ring (bicyclic) bond motifs is 1. The Morgan fingerprint density at radius 2 is 1.92 bits per heavy atom. The van der Waals surface area contributed by atoms with Gasteiger partial charge in [0.25, 0.3) is 5.91 Å². The second-order valence-electron chi connectivity index (χ2n) is 6.31. The number of aromatic nitrogens is 1. The molecule has 1 fully saturated rings. The number of nitriles is 1. The van der Waals surface area contributed by atoms with Crippen molar-refractivity contribution in [3.63, 3.8) is 0 Å². The highest BCUT2D eigenvalue weighted by atomic mass is 16.5. The quantitative estimate of drug-likeness (QED) is 0.731. The number of hydrogen-bond acceptors (Lipinski definition) is 4. The van der Waals surface area contributed by atoms with Crippen LogP contribution in [0, 0.1) is 11.3 Å². The smallest absolute Gasteiger partial charge is 0.253 e. The lowest BCUT2D eigenvalue weighted by atomic mass is 10.1. The first-order chi connectivity index (χ1) is 12.7. The molecule has 1 saturated heterocycles. The van der Waals surface area contributed by atoms with Gasteiger partial charge in [-0.05, 0) is 36.4 Å². The van der Waals surface area contributed by atoms with Crippen LogP contribution in [0.15, 0.2) is 60.7 Å². The summed E-state index contributed by atoms with van der Waals surface area (Å²) in [6.07, 6.45) is 0.710. The van der Waals surface area contributed by atoms with E-state index in [4.69, 9.17) is 10.00 Å². The zero-order chi connectivity index (χ0) is 17.9. The summed E-state index contributed by atoms with van der Waals surface area (Å²) in [7, 11) is 0. The Morgan fingerprint density at radius 1 is 1.12 bits per heavy atom. The molecule has 1 aliphatic heterocycles. The van der Waals surface area contributed by atoms with E-state index in [0.717, 1.165) is 17.3 Å². The van der Waals surface area contributed by atoms with Crippen molar-refractivity contribution in [1.29, 1.82) is 5.26 Å². The lowest BCUT2D eigenvalue weighted by Gasteiger charge is -2.17. The highest BCUT2D eigenvalue weighted by Crippen LogP contribution is 2.21. The molecule has 1 aromatic heterocycles. The predicted octanol–water partition coefficient (Wildman–Crippen LogP) is 3.40. The molecule has 2 heterocycles. The molecule has 0 aliphatic carbocycles. The molecular formula is C21H17N3O2. The lowest BCUT2D eigenvalue weighted by molar-refractivity contribution is 0.0771. The van der Waals surface area contributed by atoms with Gasteiger partial charge in [0.1, 0.15) is 6.10 Å². The van der Waals surface area contributed by atoms with Gasteiger partial charge in [-0.3, -0.25) is 4.79 Å². The summed E-state index contributed by atoms with van der Waals surface area (Å²) in [6.45, 7) is 1.18. The van der Waals surface area contributed by atoms with Crippen molar-refractivity contribution in [2.45, 2.75) is 12.5 Å². The number of pyridine rings is 1. The fourth-order valence-corrected chi connectivity index (χ4v) is 3.16. The van der Waals surface area contributed by atoms with Gasteiger partial charge in [-0.2, -0.15) is 5.26 Å². The number of likely N-dealkylation sites (tertiary alicyclic amines) is 1. The molecule has 5 nitrogen and oxygen atoms in total. The Morgan fingerprint density at radius 3 is 2.73 bits per heavy atom. The van der Waals surface area contributed by atoms with Gasteiger partial charge < -0.3 is 9.64 Å². The maximum atomic E-state index is 12.6. The molecule has 5 heteroatoms. The summed E-state index contributed by atoms with van der Waals surface area (Å²) in [5, 5.41) is 9.92. The van der Waals surface area contributed by atoms with E-state index >= 15 is 0 Å². The van der Waals surface area contributed by atoms with Crippen molar-refractivity contribution in [2.24, 2.45) is 0 Å². The zero-order valence-corrected chi connectivity index (χ0v) is 14.1. The van der Waals surface area contributed by atoms with Gasteiger partial charge in [0, 0.05) is 30.0 Å². The zero-order valence-electron chi connectivity index (χ0n) is 14.1. The van der Waals surface area contributed by atoms with E-state index in [1.807, 2.05) is 36.4 Å². The van der Waals surface area contributed by atoms with Crippen LogP contribution in [-0.2, 0) is 0 Å². The Balaban J connectivity index is 1.42. The molecule has 1 atom stereocenters. The number of para-hydroxylation sites is 1. The van der Waals surface area contributed by atoms with E-state index in [2.05, 4.69) is 11.1 Å². The molecule has 0 N–H and O–H groups in total. The van der Waals surface area contributed by atoms with Crippen LogP contribution in [0.4, 0.5) is 0 Å². The van der Waals surface area contributed by atoms with E-state index < -0.39 is 0 Å². The molecule has 0 radical (unpaired) electrons. The minimum Gasteiger partial charge on any atom is -0.472 e. The summed E-state index contributed by atoms with van der Waals surface area (Å²) in [5.74, 6) is 0.549. The number of hydrogen-bond donors (Lipinski definition) is 0. The number of carbonyl (C=O) groups excluding carboxylic acids is 1. The first kappa shape index (κ1) is 16.1. The van der Waals surface area contributed by atoms with Crippen LogP contribution in [0.5, 0.6) is 5.88 Å². The van der Waals surface area contributed by atoms with Crippen LogP contribution in [0.25, 0.3) is 10.9 Å². The van der Waals surface area contributed by atoms with E-state index in [0.29, 0.717) is 30.1 Å². The number of rotatable bonds is 3. The summed E-state index contributed by atoms with van der Waals surface area (Å²) in [5.41, 5.74) is 2.04. The molecule has 1 aliphatic rings. The third-order valence-corrected chi connectivity index (χ3v) is 4.55. The van der Waals surface area contributed by atoms with Crippen LogP contribution in [-0.4, -0.2) is 35.0 Å². The molecule has 0 saturated carbocycles. The molecule has 0 unspecified atom stereocenters. The minimum atomic E-state index is -0.0639. The average Bonchev–Trinajstić information content (AvgIpc) is 3.16. The highest BCUT2D eigenvalue weighted by molar-refractivity contribution is 5.94. The molecule has 0 bridgehead atoms. The van der Waals surface area contributed by atoms with E-state index in [1.54, 1.807) is 29.2 Å². The highest BCUT2D eigenvalue weighted by Gasteiger charge is 2.28. The third-order valence-electron chi connectivity index (χ3n) is 4.55. The Hall–Kier alpha value is -3.39. The largest absolute Gasteiger partial charge is 0.472 e. The second-order valence-corrected chi connectivity index (χ2v) is 6.31. The van der Waals surface area contributed by atoms with Gasteiger partial charge in [-0.15, -0.1) is 0 Å². The molecule has 4 rings (SSSR count). The molecule has 128 valence electrons. The van der Waals surface area contributed by atoms with Crippen LogP contribution < -0.4 is 4.74 Å². The third kappa shape index (κ3) is 3.22. The van der Waals surface area contributed by atoms with E-state index in [1.165, 1.54) is 0 Å². The van der Waals surface area contributed by atoms with Crippen molar-refractivity contribution >= 4 is 16.8 Å². The van der Waals surface area contributed by atoms with Crippen molar-refractivity contribution < 1.29 is 9.53 Å². The lowest BCUT2D eigenvalue weighted by Crippen LogP contribution is -2.31. The molecule has 0 spiro atoms. The summed E-state index contributed by atoms with van der Waals surface area (Å²) in [6, 6.07) is 20.5. The van der Waals surface area contributed by atoms with Crippen molar-refractivity contribution in [3.05, 3.63) is 71.8 Å². The first-order valence-corrected chi connectivity index (χ1v) is 8.55. The maximum absolute atomic E-state index is 12.6. The second kappa shape index (κ2) is 6.85. The molecule has 26 heavy (non-hydrogen) atoms. The van der Waals surface area contributed by atoms with Crippen molar-refractivity contribution in [1.82, 2.24) is 9.88 Å². The standard InChI is InChI=1S/C21H17N3O2/c22-13-15-5-7-17(8-6-15)21(25)24-12-11-18(14-24)26-20-10-9-16-3-1-2-4-19(16)23-20/h1-10,18H,11-12,14H2/t18-/m1/s1. The van der Waals surface area contributed by atoms with Gasteiger partial charge in [0.05, 0.1) is 23.7 Å². The van der Waals surface area contributed by atoms with Crippen molar-refractivity contribution in [3.8, 4) is 11.9 Å². The fraction of sp³-hybridized carbons (Fsp3) is 0.190.